The molecule has 4 heteroatoms. The Morgan fingerprint density at radius 3 is 2.23 bits per heavy atom. The Morgan fingerprint density at radius 2 is 1.58 bits per heavy atom. The molecule has 5 rings (SSSR count). The van der Waals surface area contributed by atoms with E-state index in [9.17, 15) is 4.79 Å². The number of para-hydroxylation sites is 2. The van der Waals surface area contributed by atoms with Crippen LogP contribution in [0.4, 0.5) is 17.3 Å². The van der Waals surface area contributed by atoms with Gasteiger partial charge in [0.1, 0.15) is 11.9 Å². The van der Waals surface area contributed by atoms with E-state index >= 15 is 0 Å². The minimum absolute atomic E-state index is 0.656. The Labute approximate surface area is 155 Å². The van der Waals surface area contributed by atoms with E-state index in [1.807, 2.05) is 31.2 Å². The number of anilines is 3. The first kappa shape index (κ1) is 15.3. The van der Waals surface area contributed by atoms with Crippen molar-refractivity contribution in [3.8, 4) is 0 Å². The van der Waals surface area contributed by atoms with E-state index in [0.717, 1.165) is 40.1 Å². The summed E-state index contributed by atoms with van der Waals surface area (Å²) in [4.78, 5) is 15.7. The molecule has 0 spiro atoms. The van der Waals surface area contributed by atoms with Gasteiger partial charge in [0.05, 0.1) is 11.4 Å². The van der Waals surface area contributed by atoms with Crippen molar-refractivity contribution in [2.24, 2.45) is 0 Å². The molecular formula is C22H15NO2S. The number of aryl methyl sites for hydroxylation is 1. The third-order valence-electron chi connectivity index (χ3n) is 4.71. The smallest absolute Gasteiger partial charge is 0.208 e. The van der Waals surface area contributed by atoms with Crippen LogP contribution in [-0.2, 0) is 0 Å². The lowest BCUT2D eigenvalue weighted by Gasteiger charge is -2.31. The minimum atomic E-state index is 0.656. The summed E-state index contributed by atoms with van der Waals surface area (Å²) in [7, 11) is 0. The third-order valence-corrected chi connectivity index (χ3v) is 5.84. The van der Waals surface area contributed by atoms with Gasteiger partial charge in [-0.15, -0.1) is 0 Å². The molecule has 3 nitrogen and oxygen atoms in total. The monoisotopic (exact) mass is 357 g/mol. The Kier molecular flexibility index (Phi) is 3.40. The summed E-state index contributed by atoms with van der Waals surface area (Å²) in [5, 5.41) is 0.970. The molecule has 4 aromatic rings. The zero-order valence-corrected chi connectivity index (χ0v) is 14.9. The van der Waals surface area contributed by atoms with E-state index in [2.05, 4.69) is 41.3 Å². The van der Waals surface area contributed by atoms with Gasteiger partial charge < -0.3 is 4.42 Å². The van der Waals surface area contributed by atoms with E-state index < -0.39 is 0 Å². The second-order valence-corrected chi connectivity index (χ2v) is 7.36. The largest absolute Gasteiger partial charge is 0.440 e. The molecule has 0 fully saturated rings. The summed E-state index contributed by atoms with van der Waals surface area (Å²) < 4.78 is 6.25. The Bertz CT molecular complexity index is 1120. The summed E-state index contributed by atoms with van der Waals surface area (Å²) in [6.07, 6.45) is 0.869. The van der Waals surface area contributed by atoms with E-state index in [-0.39, 0.29) is 0 Å². The van der Waals surface area contributed by atoms with Crippen LogP contribution in [0, 0.1) is 6.92 Å². The van der Waals surface area contributed by atoms with E-state index in [0.29, 0.717) is 5.56 Å². The van der Waals surface area contributed by atoms with Gasteiger partial charge in [-0.3, -0.25) is 9.69 Å². The maximum absolute atomic E-state index is 11.2. The van der Waals surface area contributed by atoms with Crippen molar-refractivity contribution in [2.75, 3.05) is 4.90 Å². The van der Waals surface area contributed by atoms with Crippen molar-refractivity contribution in [3.05, 3.63) is 77.9 Å². The van der Waals surface area contributed by atoms with Crippen LogP contribution in [-0.4, -0.2) is 6.29 Å². The molecule has 0 radical (unpaired) electrons. The van der Waals surface area contributed by atoms with Gasteiger partial charge >= 0.3 is 0 Å². The summed E-state index contributed by atoms with van der Waals surface area (Å²) in [6.45, 7) is 2.04. The number of rotatable bonds is 2. The van der Waals surface area contributed by atoms with Gasteiger partial charge in [-0.2, -0.15) is 0 Å². The molecule has 0 saturated heterocycles. The normalized spacial score (nSPS) is 12.7. The molecule has 2 heterocycles. The van der Waals surface area contributed by atoms with Crippen LogP contribution in [0.25, 0.3) is 11.0 Å². The predicted octanol–water partition coefficient (Wildman–Crippen LogP) is 6.49. The van der Waals surface area contributed by atoms with Crippen LogP contribution in [0.15, 0.2) is 80.9 Å². The average molecular weight is 357 g/mol. The molecule has 26 heavy (non-hydrogen) atoms. The second kappa shape index (κ2) is 5.78. The zero-order chi connectivity index (χ0) is 17.7. The molecule has 0 N–H and O–H groups in total. The van der Waals surface area contributed by atoms with Crippen LogP contribution in [0.3, 0.4) is 0 Å². The van der Waals surface area contributed by atoms with Gasteiger partial charge in [0.2, 0.25) is 5.88 Å². The predicted molar refractivity (Wildman–Crippen MR) is 105 cm³/mol. The number of aldehydes is 1. The Hall–Kier alpha value is -2.98. The fourth-order valence-electron chi connectivity index (χ4n) is 3.44. The van der Waals surface area contributed by atoms with Crippen molar-refractivity contribution in [3.63, 3.8) is 0 Å². The molecular weight excluding hydrogens is 342 g/mol. The van der Waals surface area contributed by atoms with Crippen LogP contribution in [0.5, 0.6) is 0 Å². The lowest BCUT2D eigenvalue weighted by atomic mass is 10.1. The van der Waals surface area contributed by atoms with E-state index in [1.165, 1.54) is 9.79 Å². The lowest BCUT2D eigenvalue weighted by molar-refractivity contribution is 0.112. The number of benzene rings is 3. The fourth-order valence-corrected chi connectivity index (χ4v) is 4.49. The Balaban J connectivity index is 1.79. The molecule has 1 aromatic heterocycles. The topological polar surface area (TPSA) is 33.5 Å². The maximum atomic E-state index is 11.2. The van der Waals surface area contributed by atoms with Gasteiger partial charge in [0, 0.05) is 26.3 Å². The second-order valence-electron chi connectivity index (χ2n) is 6.28. The number of nitrogens with zero attached hydrogens (tertiary/aromatic N) is 1. The summed E-state index contributed by atoms with van der Waals surface area (Å²) in [6, 6.07) is 22.2. The summed E-state index contributed by atoms with van der Waals surface area (Å²) in [5.74, 6) is 0.795. The first-order valence-electron chi connectivity index (χ1n) is 8.40. The first-order chi connectivity index (χ1) is 12.8. The quantitative estimate of drug-likeness (QED) is 0.338. The molecule has 0 unspecified atom stereocenters. The van der Waals surface area contributed by atoms with Crippen LogP contribution >= 0.6 is 11.8 Å². The van der Waals surface area contributed by atoms with Gasteiger partial charge in [-0.05, 0) is 49.4 Å². The highest BCUT2D eigenvalue weighted by molar-refractivity contribution is 7.99. The highest BCUT2D eigenvalue weighted by atomic mass is 32.2. The third kappa shape index (κ3) is 2.19. The van der Waals surface area contributed by atoms with Gasteiger partial charge in [-0.1, -0.05) is 36.0 Å². The number of fused-ring (bicyclic) bond motifs is 3. The number of furan rings is 1. The molecule has 1 aliphatic heterocycles. The molecule has 0 amide bonds. The molecule has 126 valence electrons. The first-order valence-corrected chi connectivity index (χ1v) is 9.22. The molecule has 0 atom stereocenters. The average Bonchev–Trinajstić information content (AvgIpc) is 3.01. The Morgan fingerprint density at radius 1 is 0.923 bits per heavy atom. The van der Waals surface area contributed by atoms with Crippen LogP contribution < -0.4 is 4.90 Å². The lowest BCUT2D eigenvalue weighted by Crippen LogP contribution is -2.14. The van der Waals surface area contributed by atoms with Gasteiger partial charge in [-0.25, -0.2) is 0 Å². The van der Waals surface area contributed by atoms with E-state index in [4.69, 9.17) is 4.42 Å². The van der Waals surface area contributed by atoms with Crippen molar-refractivity contribution >= 4 is 46.3 Å². The van der Waals surface area contributed by atoms with Gasteiger partial charge in [0.25, 0.3) is 0 Å². The SMILES string of the molecule is Cc1c(N2c3ccccc3Sc3ccccc32)oc2ccc(C=O)cc12. The van der Waals surface area contributed by atoms with Crippen molar-refractivity contribution in [1.82, 2.24) is 0 Å². The summed E-state index contributed by atoms with van der Waals surface area (Å²) >= 11 is 1.77. The van der Waals surface area contributed by atoms with Crippen molar-refractivity contribution in [1.29, 1.82) is 0 Å². The van der Waals surface area contributed by atoms with E-state index in [1.54, 1.807) is 17.8 Å². The van der Waals surface area contributed by atoms with Crippen molar-refractivity contribution in [2.45, 2.75) is 16.7 Å². The standard InChI is InChI=1S/C22H15NO2S/c1-14-16-12-15(13-24)10-11-19(16)25-22(14)23-17-6-2-4-8-20(17)26-21-9-5-3-7-18(21)23/h2-13H,1H3. The maximum Gasteiger partial charge on any atom is 0.208 e. The molecule has 1 aliphatic rings. The number of hydrogen-bond donors (Lipinski definition) is 0. The number of carbonyl (C=O) groups is 1. The van der Waals surface area contributed by atoms with Crippen LogP contribution in [0.1, 0.15) is 15.9 Å². The summed E-state index contributed by atoms with van der Waals surface area (Å²) in [5.41, 5.74) is 4.68. The highest BCUT2D eigenvalue weighted by Gasteiger charge is 2.28. The number of carbonyl (C=O) groups excluding carboxylic acids is 1. The minimum Gasteiger partial charge on any atom is -0.440 e. The molecule has 0 aliphatic carbocycles. The molecule has 3 aromatic carbocycles. The fraction of sp³-hybridized carbons (Fsp3) is 0.0455. The van der Waals surface area contributed by atoms with Crippen molar-refractivity contribution < 1.29 is 9.21 Å². The number of hydrogen-bond acceptors (Lipinski definition) is 4. The van der Waals surface area contributed by atoms with Crippen LogP contribution in [0.2, 0.25) is 0 Å². The van der Waals surface area contributed by atoms with Gasteiger partial charge in [0.15, 0.2) is 0 Å². The molecule has 0 saturated carbocycles. The zero-order valence-electron chi connectivity index (χ0n) is 14.1. The molecule has 0 bridgehead atoms. The highest BCUT2D eigenvalue weighted by Crippen LogP contribution is 2.52.